The van der Waals surface area contributed by atoms with Crippen molar-refractivity contribution >= 4 is 27.7 Å². The number of carbonyl (C=O) groups excluding carboxylic acids is 1. The number of ether oxygens (including phenoxy) is 2. The number of hydrogen-bond donors (Lipinski definition) is 1. The summed E-state index contributed by atoms with van der Waals surface area (Å²) in [5.41, 5.74) is 0. The lowest BCUT2D eigenvalue weighted by molar-refractivity contribution is -0.126. The first-order valence-electron chi connectivity index (χ1n) is 10.6. The monoisotopic (exact) mass is 478 g/mol. The largest absolute Gasteiger partial charge is 0.493 e. The van der Waals surface area contributed by atoms with E-state index in [9.17, 15) is 13.2 Å². The van der Waals surface area contributed by atoms with Gasteiger partial charge in [0.15, 0.2) is 11.5 Å². The van der Waals surface area contributed by atoms with Gasteiger partial charge in [0.25, 0.3) is 0 Å². The summed E-state index contributed by atoms with van der Waals surface area (Å²) in [6.45, 7) is 1.26. The third-order valence-electron chi connectivity index (χ3n) is 5.45. The van der Waals surface area contributed by atoms with Crippen molar-refractivity contribution in [1.82, 2.24) is 9.62 Å². The van der Waals surface area contributed by atoms with Crippen LogP contribution < -0.4 is 14.8 Å². The zero-order valence-electron chi connectivity index (χ0n) is 18.5. The summed E-state index contributed by atoms with van der Waals surface area (Å²) in [6.07, 6.45) is 1.91. The van der Waals surface area contributed by atoms with E-state index in [1.54, 1.807) is 17.8 Å². The highest BCUT2D eigenvalue weighted by Gasteiger charge is 2.32. The molecule has 0 aliphatic carbocycles. The maximum absolute atomic E-state index is 13.0. The van der Waals surface area contributed by atoms with E-state index in [0.29, 0.717) is 44.0 Å². The van der Waals surface area contributed by atoms with Crippen LogP contribution in [0.4, 0.5) is 0 Å². The van der Waals surface area contributed by atoms with Crippen LogP contribution in [0.2, 0.25) is 0 Å². The summed E-state index contributed by atoms with van der Waals surface area (Å²) in [7, 11) is -0.681. The van der Waals surface area contributed by atoms with E-state index in [-0.39, 0.29) is 16.7 Å². The number of sulfonamides is 1. The van der Waals surface area contributed by atoms with E-state index in [1.807, 2.05) is 18.2 Å². The van der Waals surface area contributed by atoms with Gasteiger partial charge in [-0.05, 0) is 49.3 Å². The normalized spacial score (nSPS) is 15.3. The molecule has 0 spiro atoms. The van der Waals surface area contributed by atoms with Crippen molar-refractivity contribution in [3.8, 4) is 11.5 Å². The minimum Gasteiger partial charge on any atom is -0.493 e. The highest BCUT2D eigenvalue weighted by molar-refractivity contribution is 7.99. The molecule has 1 saturated heterocycles. The number of benzene rings is 2. The number of nitrogens with one attached hydrogen (secondary N) is 1. The second-order valence-electron chi connectivity index (χ2n) is 7.50. The highest BCUT2D eigenvalue weighted by Crippen LogP contribution is 2.32. The molecule has 0 unspecified atom stereocenters. The van der Waals surface area contributed by atoms with Crippen molar-refractivity contribution in [2.24, 2.45) is 5.92 Å². The highest BCUT2D eigenvalue weighted by atomic mass is 32.2. The lowest BCUT2D eigenvalue weighted by Gasteiger charge is -2.30. The molecule has 0 bridgehead atoms. The summed E-state index contributed by atoms with van der Waals surface area (Å²) in [5.74, 6) is 1.63. The van der Waals surface area contributed by atoms with Crippen LogP contribution in [0.5, 0.6) is 11.5 Å². The Labute approximate surface area is 194 Å². The number of rotatable bonds is 10. The summed E-state index contributed by atoms with van der Waals surface area (Å²) >= 11 is 1.77. The molecule has 1 fully saturated rings. The average molecular weight is 479 g/mol. The van der Waals surface area contributed by atoms with Crippen molar-refractivity contribution in [1.29, 1.82) is 0 Å². The number of carbonyl (C=O) groups is 1. The fourth-order valence-electron chi connectivity index (χ4n) is 3.62. The number of methoxy groups -OCH3 is 2. The van der Waals surface area contributed by atoms with Gasteiger partial charge >= 0.3 is 0 Å². The number of amides is 1. The number of hydrogen-bond acceptors (Lipinski definition) is 6. The molecule has 174 valence electrons. The lowest BCUT2D eigenvalue weighted by Crippen LogP contribution is -2.43. The Bertz CT molecular complexity index is 991. The SMILES string of the molecule is COc1ccc(S(=O)(=O)N2CCC(C(=O)NCCCSc3ccccc3)CC2)cc1OC. The lowest BCUT2D eigenvalue weighted by atomic mass is 9.97. The van der Waals surface area contributed by atoms with Crippen molar-refractivity contribution in [3.63, 3.8) is 0 Å². The predicted molar refractivity (Wildman–Crippen MR) is 126 cm³/mol. The van der Waals surface area contributed by atoms with Crippen LogP contribution in [-0.2, 0) is 14.8 Å². The third kappa shape index (κ3) is 6.17. The minimum absolute atomic E-state index is 0.0119. The summed E-state index contributed by atoms with van der Waals surface area (Å²) < 4.78 is 37.9. The first kappa shape index (κ1) is 24.4. The summed E-state index contributed by atoms with van der Waals surface area (Å²) in [5, 5.41) is 3.00. The molecule has 0 aromatic heterocycles. The van der Waals surface area contributed by atoms with Crippen LogP contribution in [0, 0.1) is 5.92 Å². The van der Waals surface area contributed by atoms with Gasteiger partial charge in [-0.2, -0.15) is 4.31 Å². The zero-order chi connectivity index (χ0) is 23.0. The zero-order valence-corrected chi connectivity index (χ0v) is 20.1. The Morgan fingerprint density at radius 1 is 1.06 bits per heavy atom. The van der Waals surface area contributed by atoms with E-state index in [1.165, 1.54) is 35.6 Å². The Morgan fingerprint density at radius 3 is 2.41 bits per heavy atom. The molecule has 1 amide bonds. The maximum atomic E-state index is 13.0. The van der Waals surface area contributed by atoms with Crippen LogP contribution in [0.25, 0.3) is 0 Å². The Balaban J connectivity index is 1.45. The Kier molecular flexibility index (Phi) is 8.84. The molecule has 1 aliphatic rings. The molecular weight excluding hydrogens is 448 g/mol. The van der Waals surface area contributed by atoms with Gasteiger partial charge in [-0.25, -0.2) is 8.42 Å². The van der Waals surface area contributed by atoms with Crippen LogP contribution >= 0.6 is 11.8 Å². The van der Waals surface area contributed by atoms with E-state index in [2.05, 4.69) is 17.4 Å². The molecule has 2 aromatic rings. The van der Waals surface area contributed by atoms with Crippen LogP contribution in [-0.4, -0.2) is 58.2 Å². The molecule has 0 radical (unpaired) electrons. The maximum Gasteiger partial charge on any atom is 0.243 e. The van der Waals surface area contributed by atoms with Crippen molar-refractivity contribution in [3.05, 3.63) is 48.5 Å². The molecule has 2 aromatic carbocycles. The Hall–Kier alpha value is -2.23. The number of nitrogens with zero attached hydrogens (tertiary/aromatic N) is 1. The first-order valence-corrected chi connectivity index (χ1v) is 13.1. The molecule has 0 atom stereocenters. The van der Waals surface area contributed by atoms with Crippen molar-refractivity contribution in [2.75, 3.05) is 39.6 Å². The van der Waals surface area contributed by atoms with Crippen LogP contribution in [0.15, 0.2) is 58.3 Å². The molecule has 0 saturated carbocycles. The van der Waals surface area contributed by atoms with Gasteiger partial charge in [0.05, 0.1) is 19.1 Å². The van der Waals surface area contributed by atoms with E-state index in [4.69, 9.17) is 9.47 Å². The molecule has 1 heterocycles. The predicted octanol–water partition coefficient (Wildman–Crippen LogP) is 3.40. The van der Waals surface area contributed by atoms with Gasteiger partial charge in [-0.1, -0.05) is 18.2 Å². The van der Waals surface area contributed by atoms with Gasteiger partial charge in [0.2, 0.25) is 15.9 Å². The molecule has 1 N–H and O–H groups in total. The second kappa shape index (κ2) is 11.6. The van der Waals surface area contributed by atoms with Crippen molar-refractivity contribution < 1.29 is 22.7 Å². The standard InChI is InChI=1S/C23H30N2O5S2/c1-29-21-10-9-20(17-22(21)30-2)32(27,28)25-14-11-18(12-15-25)23(26)24-13-6-16-31-19-7-4-3-5-8-19/h3-5,7-10,17-18H,6,11-16H2,1-2H3,(H,24,26). The van der Waals surface area contributed by atoms with Crippen LogP contribution in [0.1, 0.15) is 19.3 Å². The molecule has 1 aliphatic heterocycles. The fraction of sp³-hybridized carbons (Fsp3) is 0.435. The van der Waals surface area contributed by atoms with E-state index >= 15 is 0 Å². The van der Waals surface area contributed by atoms with Crippen LogP contribution in [0.3, 0.4) is 0 Å². The quantitative estimate of drug-likeness (QED) is 0.416. The molecule has 3 rings (SSSR count). The third-order valence-corrected chi connectivity index (χ3v) is 8.44. The second-order valence-corrected chi connectivity index (χ2v) is 10.6. The number of thioether (sulfide) groups is 1. The molecule has 32 heavy (non-hydrogen) atoms. The summed E-state index contributed by atoms with van der Waals surface area (Å²) in [6, 6.07) is 14.8. The minimum atomic E-state index is -3.66. The smallest absolute Gasteiger partial charge is 0.243 e. The van der Waals surface area contributed by atoms with Gasteiger partial charge < -0.3 is 14.8 Å². The summed E-state index contributed by atoms with van der Waals surface area (Å²) in [4.78, 5) is 13.9. The molecule has 7 nitrogen and oxygen atoms in total. The number of piperidine rings is 1. The van der Waals surface area contributed by atoms with Gasteiger partial charge in [-0.3, -0.25) is 4.79 Å². The molecule has 9 heteroatoms. The van der Waals surface area contributed by atoms with Crippen molar-refractivity contribution in [2.45, 2.75) is 29.1 Å². The van der Waals surface area contributed by atoms with E-state index < -0.39 is 10.0 Å². The average Bonchev–Trinajstić information content (AvgIpc) is 2.84. The first-order chi connectivity index (χ1) is 15.5. The molecular formula is C23H30N2O5S2. The van der Waals surface area contributed by atoms with Gasteiger partial charge in [0, 0.05) is 36.5 Å². The Morgan fingerprint density at radius 2 is 1.75 bits per heavy atom. The van der Waals surface area contributed by atoms with Gasteiger partial charge in [0.1, 0.15) is 0 Å². The van der Waals surface area contributed by atoms with E-state index in [0.717, 1.165) is 12.2 Å². The fourth-order valence-corrected chi connectivity index (χ4v) is 5.98. The van der Waals surface area contributed by atoms with Gasteiger partial charge in [-0.15, -0.1) is 11.8 Å². The topological polar surface area (TPSA) is 84.9 Å².